The summed E-state index contributed by atoms with van der Waals surface area (Å²) in [5, 5.41) is 10.2. The van der Waals surface area contributed by atoms with Crippen molar-refractivity contribution in [3.8, 4) is 0 Å². The first-order valence-electron chi connectivity index (χ1n) is 10.1. The van der Waals surface area contributed by atoms with Crippen LogP contribution in [0.1, 0.15) is 33.1 Å². The summed E-state index contributed by atoms with van der Waals surface area (Å²) >= 11 is 0. The lowest BCUT2D eigenvalue weighted by molar-refractivity contribution is -0.136. The third-order valence-corrected chi connectivity index (χ3v) is 5.21. The molecule has 9 heteroatoms. The number of rotatable bonds is 5. The van der Waals surface area contributed by atoms with Crippen molar-refractivity contribution in [2.24, 2.45) is 10.2 Å². The van der Waals surface area contributed by atoms with Crippen LogP contribution < -0.4 is 5.32 Å². The van der Waals surface area contributed by atoms with Gasteiger partial charge in [0.2, 0.25) is 0 Å². The number of alkyl halides is 3. The number of halogens is 3. The first-order chi connectivity index (χ1) is 15.7. The molecule has 4 rings (SSSR count). The first-order valence-corrected chi connectivity index (χ1v) is 10.1. The highest BCUT2D eigenvalue weighted by Crippen LogP contribution is 2.43. The van der Waals surface area contributed by atoms with Crippen molar-refractivity contribution in [3.05, 3.63) is 95.1 Å². The first kappa shape index (κ1) is 22.2. The fraction of sp³-hybridized carbons (Fsp3) is 0.167. The molecule has 1 heterocycles. The molecule has 33 heavy (non-hydrogen) atoms. The molecule has 0 bridgehead atoms. The molecule has 0 fully saturated rings. The number of amides is 2. The smallest absolute Gasteiger partial charge is 0.337 e. The topological polar surface area (TPSA) is 74.1 Å². The predicted molar refractivity (Wildman–Crippen MR) is 116 cm³/mol. The number of carbonyl (C=O) groups excluding carboxylic acids is 2. The number of para-hydroxylation sites is 1. The highest BCUT2D eigenvalue weighted by Gasteiger charge is 2.40. The number of benzene rings is 3. The summed E-state index contributed by atoms with van der Waals surface area (Å²) in [5.41, 5.74) is 0.724. The predicted octanol–water partition coefficient (Wildman–Crippen LogP) is 5.75. The zero-order valence-corrected chi connectivity index (χ0v) is 17.5. The van der Waals surface area contributed by atoms with E-state index in [0.29, 0.717) is 17.8 Å². The van der Waals surface area contributed by atoms with E-state index in [1.54, 1.807) is 36.2 Å². The standard InChI is InChI=1S/C24H19F3N4O2/c1-31(14-15-6-3-2-4-7-15)23(33)16-10-12-17(13-11-16)29-30-21-18-8-5-9-19(24(25,26)27)20(18)28-22(21)32/h2-13,21H,14H2,1H3,(H,28,32). The van der Waals surface area contributed by atoms with Crippen molar-refractivity contribution in [2.45, 2.75) is 18.8 Å². The van der Waals surface area contributed by atoms with Crippen molar-refractivity contribution < 1.29 is 22.8 Å². The zero-order valence-electron chi connectivity index (χ0n) is 17.5. The lowest BCUT2D eigenvalue weighted by atomic mass is 10.0. The maximum Gasteiger partial charge on any atom is 0.418 e. The molecule has 0 saturated heterocycles. The lowest BCUT2D eigenvalue weighted by Crippen LogP contribution is -2.26. The number of hydrogen-bond acceptors (Lipinski definition) is 4. The van der Waals surface area contributed by atoms with Crippen molar-refractivity contribution in [2.75, 3.05) is 12.4 Å². The largest absolute Gasteiger partial charge is 0.418 e. The van der Waals surface area contributed by atoms with Gasteiger partial charge in [0.05, 0.1) is 16.9 Å². The third kappa shape index (κ3) is 4.77. The second kappa shape index (κ2) is 8.85. The van der Waals surface area contributed by atoms with Crippen LogP contribution in [-0.4, -0.2) is 23.8 Å². The van der Waals surface area contributed by atoms with Crippen LogP contribution in [0, 0.1) is 0 Å². The Balaban J connectivity index is 1.47. The molecule has 1 unspecified atom stereocenters. The molecule has 0 radical (unpaired) electrons. The Morgan fingerprint density at radius 3 is 2.36 bits per heavy atom. The van der Waals surface area contributed by atoms with Crippen LogP contribution in [0.2, 0.25) is 0 Å². The fourth-order valence-corrected chi connectivity index (χ4v) is 3.57. The Bertz CT molecular complexity index is 1210. The zero-order chi connectivity index (χ0) is 23.6. The van der Waals surface area contributed by atoms with E-state index < -0.39 is 23.7 Å². The van der Waals surface area contributed by atoms with Gasteiger partial charge in [-0.15, -0.1) is 0 Å². The third-order valence-electron chi connectivity index (χ3n) is 5.21. The molecule has 3 aromatic rings. The average molecular weight is 452 g/mol. The van der Waals surface area contributed by atoms with Crippen LogP contribution in [0.5, 0.6) is 0 Å². The van der Waals surface area contributed by atoms with E-state index in [9.17, 15) is 22.8 Å². The Hall–Kier alpha value is -4.01. The van der Waals surface area contributed by atoms with E-state index in [1.807, 2.05) is 30.3 Å². The van der Waals surface area contributed by atoms with Gasteiger partial charge in [0.1, 0.15) is 0 Å². The number of anilines is 1. The van der Waals surface area contributed by atoms with Crippen LogP contribution in [0.25, 0.3) is 0 Å². The minimum Gasteiger partial charge on any atom is -0.337 e. The molecular weight excluding hydrogens is 433 g/mol. The van der Waals surface area contributed by atoms with E-state index in [0.717, 1.165) is 11.6 Å². The molecule has 0 aliphatic carbocycles. The van der Waals surface area contributed by atoms with E-state index >= 15 is 0 Å². The molecular formula is C24H19F3N4O2. The quantitative estimate of drug-likeness (QED) is 0.500. The molecule has 1 atom stereocenters. The van der Waals surface area contributed by atoms with Gasteiger partial charge in [0.25, 0.3) is 11.8 Å². The summed E-state index contributed by atoms with van der Waals surface area (Å²) in [5.74, 6) is -0.856. The summed E-state index contributed by atoms with van der Waals surface area (Å²) < 4.78 is 39.6. The summed E-state index contributed by atoms with van der Waals surface area (Å²) in [6, 6.07) is 18.2. The highest BCUT2D eigenvalue weighted by molar-refractivity contribution is 6.03. The van der Waals surface area contributed by atoms with Gasteiger partial charge in [-0.2, -0.15) is 23.4 Å². The molecule has 168 valence electrons. The SMILES string of the molecule is CN(Cc1ccccc1)C(=O)c1ccc(N=NC2C(=O)Nc3c2cccc3C(F)(F)F)cc1. The Morgan fingerprint density at radius 2 is 1.70 bits per heavy atom. The number of nitrogens with zero attached hydrogens (tertiary/aromatic N) is 3. The highest BCUT2D eigenvalue weighted by atomic mass is 19.4. The molecule has 0 spiro atoms. The van der Waals surface area contributed by atoms with Crippen LogP contribution >= 0.6 is 0 Å². The van der Waals surface area contributed by atoms with Gasteiger partial charge in [-0.25, -0.2) is 0 Å². The maximum atomic E-state index is 13.2. The van der Waals surface area contributed by atoms with Gasteiger partial charge >= 0.3 is 6.18 Å². The number of hydrogen-bond donors (Lipinski definition) is 1. The van der Waals surface area contributed by atoms with Gasteiger partial charge in [0, 0.05) is 24.7 Å². The number of nitrogens with one attached hydrogen (secondary N) is 1. The number of carbonyl (C=O) groups is 2. The van der Waals surface area contributed by atoms with Crippen LogP contribution in [-0.2, 0) is 17.5 Å². The van der Waals surface area contributed by atoms with E-state index in [4.69, 9.17) is 0 Å². The van der Waals surface area contributed by atoms with Crippen molar-refractivity contribution in [3.63, 3.8) is 0 Å². The normalized spacial score (nSPS) is 15.4. The van der Waals surface area contributed by atoms with Gasteiger partial charge in [-0.3, -0.25) is 9.59 Å². The molecule has 3 aromatic carbocycles. The average Bonchev–Trinajstić information content (AvgIpc) is 3.12. The summed E-state index contributed by atoms with van der Waals surface area (Å²) in [6.07, 6.45) is -4.60. The van der Waals surface area contributed by atoms with Crippen LogP contribution in [0.15, 0.2) is 83.0 Å². The van der Waals surface area contributed by atoms with Gasteiger partial charge in [-0.1, -0.05) is 42.5 Å². The van der Waals surface area contributed by atoms with Gasteiger partial charge < -0.3 is 10.2 Å². The Labute approximate surface area is 187 Å². The van der Waals surface area contributed by atoms with Crippen molar-refractivity contribution in [1.29, 1.82) is 0 Å². The molecule has 1 aliphatic rings. The maximum absolute atomic E-state index is 13.2. The fourth-order valence-electron chi connectivity index (χ4n) is 3.57. The number of azo groups is 1. The molecule has 1 N–H and O–H groups in total. The molecule has 0 saturated carbocycles. The monoisotopic (exact) mass is 452 g/mol. The molecule has 6 nitrogen and oxygen atoms in total. The van der Waals surface area contributed by atoms with Crippen LogP contribution in [0.3, 0.4) is 0 Å². The summed E-state index contributed by atoms with van der Waals surface area (Å²) in [7, 11) is 1.70. The van der Waals surface area contributed by atoms with Crippen molar-refractivity contribution in [1.82, 2.24) is 4.90 Å². The van der Waals surface area contributed by atoms with Crippen molar-refractivity contribution >= 4 is 23.2 Å². The minimum atomic E-state index is -4.60. The second-order valence-electron chi connectivity index (χ2n) is 7.57. The number of fused-ring (bicyclic) bond motifs is 1. The summed E-state index contributed by atoms with van der Waals surface area (Å²) in [6.45, 7) is 0.456. The second-order valence-corrected chi connectivity index (χ2v) is 7.57. The van der Waals surface area contributed by atoms with Crippen LogP contribution in [0.4, 0.5) is 24.5 Å². The van der Waals surface area contributed by atoms with E-state index in [-0.39, 0.29) is 17.2 Å². The Kier molecular flexibility index (Phi) is 5.95. The Morgan fingerprint density at radius 1 is 1.00 bits per heavy atom. The minimum absolute atomic E-state index is 0.118. The summed E-state index contributed by atoms with van der Waals surface area (Å²) in [4.78, 5) is 26.5. The molecule has 1 aliphatic heterocycles. The molecule has 0 aromatic heterocycles. The van der Waals surface area contributed by atoms with E-state index in [1.165, 1.54) is 12.1 Å². The van der Waals surface area contributed by atoms with Gasteiger partial charge in [0.15, 0.2) is 6.04 Å². The van der Waals surface area contributed by atoms with E-state index in [2.05, 4.69) is 15.5 Å². The molecule has 2 amide bonds. The van der Waals surface area contributed by atoms with Gasteiger partial charge in [-0.05, 0) is 35.9 Å². The lowest BCUT2D eigenvalue weighted by Gasteiger charge is -2.17.